The van der Waals surface area contributed by atoms with Crippen molar-refractivity contribution in [3.63, 3.8) is 0 Å². The van der Waals surface area contributed by atoms with Gasteiger partial charge in [0, 0.05) is 7.05 Å². The minimum absolute atomic E-state index is 0.0229. The molecule has 0 aliphatic carbocycles. The van der Waals surface area contributed by atoms with Gasteiger partial charge in [-0.2, -0.15) is 0 Å². The van der Waals surface area contributed by atoms with E-state index in [9.17, 15) is 9.59 Å². The fourth-order valence-electron chi connectivity index (χ4n) is 1.94. The van der Waals surface area contributed by atoms with Crippen molar-refractivity contribution < 1.29 is 9.32 Å². The van der Waals surface area contributed by atoms with E-state index in [0.29, 0.717) is 11.4 Å². The molecular formula is C12H16N6O3. The summed E-state index contributed by atoms with van der Waals surface area (Å²) in [6.07, 6.45) is 0. The summed E-state index contributed by atoms with van der Waals surface area (Å²) in [5, 5.41) is 10.3. The third-order valence-corrected chi connectivity index (χ3v) is 3.00. The highest BCUT2D eigenvalue weighted by atomic mass is 16.5. The zero-order valence-corrected chi connectivity index (χ0v) is 12.2. The molecule has 0 aromatic carbocycles. The smallest absolute Gasteiger partial charge is 0.364 e. The Bertz CT molecular complexity index is 765. The van der Waals surface area contributed by atoms with E-state index < -0.39 is 11.5 Å². The topological polar surface area (TPSA) is 132 Å². The molecule has 9 nitrogen and oxygen atoms in total. The molecular weight excluding hydrogens is 276 g/mol. The third-order valence-electron chi connectivity index (χ3n) is 3.00. The molecule has 3 N–H and O–H groups in total. The van der Waals surface area contributed by atoms with Crippen molar-refractivity contribution in [2.75, 3.05) is 0 Å². The van der Waals surface area contributed by atoms with Crippen LogP contribution in [0.1, 0.15) is 41.6 Å². The van der Waals surface area contributed by atoms with Crippen molar-refractivity contribution in [1.29, 1.82) is 0 Å². The van der Waals surface area contributed by atoms with Gasteiger partial charge in [0.1, 0.15) is 5.69 Å². The summed E-state index contributed by atoms with van der Waals surface area (Å²) in [6, 6.07) is 0. The van der Waals surface area contributed by atoms with Crippen LogP contribution in [0.5, 0.6) is 0 Å². The number of nitrogens with zero attached hydrogens (tertiary/aromatic N) is 4. The molecule has 2 aromatic heterocycles. The minimum Gasteiger partial charge on any atom is -0.364 e. The number of hydrogen-bond donors (Lipinski definition) is 2. The minimum atomic E-state index is -0.608. The second-order valence-electron chi connectivity index (χ2n) is 4.88. The number of aromatic nitrogens is 3. The molecule has 1 amide bonds. The van der Waals surface area contributed by atoms with Gasteiger partial charge in [-0.05, 0) is 12.8 Å². The Hall–Kier alpha value is -2.71. The summed E-state index contributed by atoms with van der Waals surface area (Å²) in [4.78, 5) is 27.0. The van der Waals surface area contributed by atoms with E-state index in [2.05, 4.69) is 20.4 Å². The van der Waals surface area contributed by atoms with Gasteiger partial charge in [-0.3, -0.25) is 4.79 Å². The molecule has 9 heteroatoms. The average molecular weight is 292 g/mol. The number of carbonyl (C=O) groups is 1. The lowest BCUT2D eigenvalue weighted by Gasteiger charge is -2.00. The number of imidazole rings is 1. The molecule has 0 fully saturated rings. The first-order valence-corrected chi connectivity index (χ1v) is 6.29. The number of aromatic amines is 1. The summed E-state index contributed by atoms with van der Waals surface area (Å²) in [6.45, 7) is 5.41. The number of amides is 1. The van der Waals surface area contributed by atoms with Gasteiger partial charge >= 0.3 is 5.63 Å². The van der Waals surface area contributed by atoms with Gasteiger partial charge in [0.15, 0.2) is 5.69 Å². The monoisotopic (exact) mass is 292 g/mol. The van der Waals surface area contributed by atoms with Crippen LogP contribution in [-0.2, 0) is 7.05 Å². The number of aryl methyl sites for hydroxylation is 1. The van der Waals surface area contributed by atoms with Gasteiger partial charge in [-0.15, -0.1) is 10.2 Å². The van der Waals surface area contributed by atoms with E-state index in [1.165, 1.54) is 4.57 Å². The number of H-pyrrole nitrogens is 1. The van der Waals surface area contributed by atoms with Crippen LogP contribution < -0.4 is 11.4 Å². The van der Waals surface area contributed by atoms with Crippen molar-refractivity contribution in [2.45, 2.75) is 26.7 Å². The van der Waals surface area contributed by atoms with Gasteiger partial charge in [0.2, 0.25) is 5.95 Å². The van der Waals surface area contributed by atoms with Crippen LogP contribution in [0.4, 0.5) is 11.6 Å². The third kappa shape index (κ3) is 2.62. The van der Waals surface area contributed by atoms with Gasteiger partial charge in [0.05, 0.1) is 11.4 Å². The fourth-order valence-corrected chi connectivity index (χ4v) is 1.94. The Balaban J connectivity index is 2.44. The van der Waals surface area contributed by atoms with E-state index >= 15 is 0 Å². The molecule has 0 saturated heterocycles. The number of azo groups is 1. The van der Waals surface area contributed by atoms with Gasteiger partial charge in [-0.25, -0.2) is 14.9 Å². The zero-order chi connectivity index (χ0) is 15.7. The van der Waals surface area contributed by atoms with Crippen molar-refractivity contribution in [2.24, 2.45) is 23.0 Å². The molecule has 0 unspecified atom stereocenters. The first-order chi connectivity index (χ1) is 9.82. The largest absolute Gasteiger partial charge is 0.384 e. The number of primary amides is 1. The van der Waals surface area contributed by atoms with Crippen molar-refractivity contribution in [3.8, 4) is 0 Å². The second-order valence-corrected chi connectivity index (χ2v) is 4.88. The molecule has 0 atom stereocenters. The molecule has 0 aliphatic heterocycles. The maximum Gasteiger partial charge on any atom is 0.384 e. The molecule has 0 aliphatic rings. The van der Waals surface area contributed by atoms with Crippen molar-refractivity contribution in [3.05, 3.63) is 27.5 Å². The van der Waals surface area contributed by atoms with E-state index in [-0.39, 0.29) is 23.2 Å². The van der Waals surface area contributed by atoms with E-state index in [1.54, 1.807) is 14.0 Å². The molecule has 21 heavy (non-hydrogen) atoms. The van der Waals surface area contributed by atoms with Gasteiger partial charge < -0.3 is 14.8 Å². The molecule has 2 heterocycles. The van der Waals surface area contributed by atoms with Crippen LogP contribution >= 0.6 is 0 Å². The molecule has 0 bridgehead atoms. The zero-order valence-electron chi connectivity index (χ0n) is 12.2. The van der Waals surface area contributed by atoms with E-state index in [4.69, 9.17) is 10.3 Å². The van der Waals surface area contributed by atoms with Crippen LogP contribution in [0.15, 0.2) is 19.5 Å². The molecule has 0 radical (unpaired) electrons. The van der Waals surface area contributed by atoms with Crippen LogP contribution in [0, 0.1) is 6.92 Å². The normalized spacial score (nSPS) is 11.7. The summed E-state index contributed by atoms with van der Waals surface area (Å²) < 4.78 is 6.13. The Kier molecular flexibility index (Phi) is 3.74. The number of nitrogens with one attached hydrogen (secondary N) is 1. The summed E-state index contributed by atoms with van der Waals surface area (Å²) in [5.74, 6) is -0.403. The second kappa shape index (κ2) is 5.35. The number of nitrogens with two attached hydrogens (primary N) is 1. The lowest BCUT2D eigenvalue weighted by Crippen LogP contribution is -2.16. The Morgan fingerprint density at radius 2 is 2.10 bits per heavy atom. The van der Waals surface area contributed by atoms with E-state index in [0.717, 1.165) is 0 Å². The standard InChI is InChI=1S/C12H16N6O3/c1-5(2)7-8(11(20)21-17-7)15-16-12-14-6(3)9(10(13)19)18(12)4/h5,17H,1-4H3,(H2,13,19). The SMILES string of the molecule is Cc1nc(N=Nc2c(C(C)C)[nH]oc2=O)n(C)c1C(N)=O. The van der Waals surface area contributed by atoms with Crippen LogP contribution in [0.25, 0.3) is 0 Å². The Morgan fingerprint density at radius 1 is 1.43 bits per heavy atom. The number of hydrogen-bond acceptors (Lipinski definition) is 6. The van der Waals surface area contributed by atoms with Crippen molar-refractivity contribution >= 4 is 17.5 Å². The molecule has 0 spiro atoms. The van der Waals surface area contributed by atoms with Gasteiger partial charge in [0.25, 0.3) is 5.91 Å². The molecule has 2 rings (SSSR count). The predicted molar refractivity (Wildman–Crippen MR) is 74.1 cm³/mol. The number of rotatable bonds is 4. The lowest BCUT2D eigenvalue weighted by molar-refractivity contribution is 0.0992. The highest BCUT2D eigenvalue weighted by Gasteiger charge is 2.17. The van der Waals surface area contributed by atoms with Crippen LogP contribution in [-0.4, -0.2) is 20.6 Å². The van der Waals surface area contributed by atoms with E-state index in [1.807, 2.05) is 13.8 Å². The predicted octanol–water partition coefficient (Wildman–Crippen LogP) is 1.65. The average Bonchev–Trinajstić information content (AvgIpc) is 2.87. The summed E-state index contributed by atoms with van der Waals surface area (Å²) in [5.41, 5.74) is 5.99. The first-order valence-electron chi connectivity index (χ1n) is 6.29. The van der Waals surface area contributed by atoms with Gasteiger partial charge in [-0.1, -0.05) is 13.8 Å². The molecule has 112 valence electrons. The van der Waals surface area contributed by atoms with Crippen LogP contribution in [0.3, 0.4) is 0 Å². The number of carbonyl (C=O) groups excluding carboxylic acids is 1. The van der Waals surface area contributed by atoms with Crippen LogP contribution in [0.2, 0.25) is 0 Å². The lowest BCUT2D eigenvalue weighted by atomic mass is 10.1. The Morgan fingerprint density at radius 3 is 2.62 bits per heavy atom. The quantitative estimate of drug-likeness (QED) is 0.829. The molecule has 0 saturated carbocycles. The maximum absolute atomic E-state index is 11.6. The highest BCUT2D eigenvalue weighted by molar-refractivity contribution is 5.92. The maximum atomic E-state index is 11.6. The fraction of sp³-hybridized carbons (Fsp3) is 0.417. The first kappa shape index (κ1) is 14.7. The summed E-state index contributed by atoms with van der Waals surface area (Å²) in [7, 11) is 1.59. The highest BCUT2D eigenvalue weighted by Crippen LogP contribution is 2.24. The Labute approximate surface area is 119 Å². The van der Waals surface area contributed by atoms with Crippen molar-refractivity contribution in [1.82, 2.24) is 14.7 Å². The summed E-state index contributed by atoms with van der Waals surface area (Å²) >= 11 is 0. The molecule has 2 aromatic rings.